The minimum atomic E-state index is 0.0642. The Hall–Kier alpha value is -0.120. The number of hydrogen-bond donors (Lipinski definition) is 1. The fraction of sp³-hybridized carbons (Fsp3) is 1.00. The zero-order chi connectivity index (χ0) is 11.6. The molecule has 0 spiro atoms. The predicted molar refractivity (Wildman–Crippen MR) is 66.4 cm³/mol. The van der Waals surface area contributed by atoms with E-state index in [0.717, 1.165) is 32.2 Å². The summed E-state index contributed by atoms with van der Waals surface area (Å²) in [6.45, 7) is 8.52. The molecule has 2 N–H and O–H groups in total. The minimum absolute atomic E-state index is 0.0642. The van der Waals surface area contributed by atoms with Gasteiger partial charge in [-0.15, -0.1) is 0 Å². The van der Waals surface area contributed by atoms with Crippen LogP contribution in [-0.2, 0) is 4.74 Å². The van der Waals surface area contributed by atoms with Crippen molar-refractivity contribution >= 4 is 0 Å². The third-order valence-corrected chi connectivity index (χ3v) is 3.99. The molecule has 2 fully saturated rings. The number of ether oxygens (including phenoxy) is 1. The fourth-order valence-corrected chi connectivity index (χ4v) is 3.32. The molecule has 0 aromatic heterocycles. The van der Waals surface area contributed by atoms with Crippen molar-refractivity contribution in [3.05, 3.63) is 0 Å². The first kappa shape index (κ1) is 12.3. The maximum Gasteiger partial charge on any atom is 0.0674 e. The summed E-state index contributed by atoms with van der Waals surface area (Å²) >= 11 is 0. The molecule has 1 aliphatic heterocycles. The summed E-state index contributed by atoms with van der Waals surface area (Å²) in [5.74, 6) is 0.803. The van der Waals surface area contributed by atoms with Crippen molar-refractivity contribution in [2.24, 2.45) is 11.7 Å². The summed E-state index contributed by atoms with van der Waals surface area (Å²) in [6.07, 6.45) is 5.43. The Morgan fingerprint density at radius 3 is 2.94 bits per heavy atom. The van der Waals surface area contributed by atoms with Gasteiger partial charge in [-0.25, -0.2) is 0 Å². The molecule has 1 saturated heterocycles. The molecule has 3 nitrogen and oxygen atoms in total. The van der Waals surface area contributed by atoms with Crippen molar-refractivity contribution in [3.8, 4) is 0 Å². The standard InChI is InChI=1S/C13H26N2O/c1-11-4-3-5-13(14,8-11)10-15-6-7-16-12(2)9-15/h11-12H,3-10,14H2,1-2H3. The fourth-order valence-electron chi connectivity index (χ4n) is 3.32. The van der Waals surface area contributed by atoms with Gasteiger partial charge in [0.2, 0.25) is 0 Å². The summed E-state index contributed by atoms with van der Waals surface area (Å²) in [4.78, 5) is 2.49. The molecular weight excluding hydrogens is 200 g/mol. The van der Waals surface area contributed by atoms with Gasteiger partial charge in [0, 0.05) is 25.2 Å². The highest BCUT2D eigenvalue weighted by Gasteiger charge is 2.33. The zero-order valence-corrected chi connectivity index (χ0v) is 10.7. The van der Waals surface area contributed by atoms with Crippen LogP contribution in [0.1, 0.15) is 39.5 Å². The van der Waals surface area contributed by atoms with Gasteiger partial charge < -0.3 is 10.5 Å². The second-order valence-electron chi connectivity index (χ2n) is 5.98. The van der Waals surface area contributed by atoms with Crippen LogP contribution in [0.4, 0.5) is 0 Å². The first-order valence-electron chi connectivity index (χ1n) is 6.70. The maximum atomic E-state index is 6.54. The van der Waals surface area contributed by atoms with Crippen LogP contribution < -0.4 is 5.73 Å². The van der Waals surface area contributed by atoms with Crippen LogP contribution in [-0.4, -0.2) is 42.8 Å². The monoisotopic (exact) mass is 226 g/mol. The molecule has 3 unspecified atom stereocenters. The van der Waals surface area contributed by atoms with Crippen molar-refractivity contribution in [2.45, 2.75) is 51.2 Å². The molecule has 94 valence electrons. The number of rotatable bonds is 2. The van der Waals surface area contributed by atoms with Crippen LogP contribution in [0, 0.1) is 5.92 Å². The van der Waals surface area contributed by atoms with E-state index in [1.54, 1.807) is 0 Å². The molecule has 2 aliphatic rings. The first-order valence-corrected chi connectivity index (χ1v) is 6.70. The Balaban J connectivity index is 1.87. The molecule has 0 bridgehead atoms. The number of morpholine rings is 1. The lowest BCUT2D eigenvalue weighted by Gasteiger charge is -2.42. The van der Waals surface area contributed by atoms with Crippen molar-refractivity contribution in [1.82, 2.24) is 4.90 Å². The molecule has 1 heterocycles. The van der Waals surface area contributed by atoms with Gasteiger partial charge >= 0.3 is 0 Å². The molecule has 3 heteroatoms. The Labute approximate surface area is 99.3 Å². The van der Waals surface area contributed by atoms with Crippen LogP contribution in [0.25, 0.3) is 0 Å². The summed E-state index contributed by atoms with van der Waals surface area (Å²) < 4.78 is 5.57. The van der Waals surface area contributed by atoms with Crippen molar-refractivity contribution in [3.63, 3.8) is 0 Å². The number of nitrogens with zero attached hydrogens (tertiary/aromatic N) is 1. The third kappa shape index (κ3) is 3.19. The van der Waals surface area contributed by atoms with E-state index in [2.05, 4.69) is 18.7 Å². The van der Waals surface area contributed by atoms with Crippen LogP contribution in [0.3, 0.4) is 0 Å². The van der Waals surface area contributed by atoms with Gasteiger partial charge in [0.1, 0.15) is 0 Å². The summed E-state index contributed by atoms with van der Waals surface area (Å²) in [5.41, 5.74) is 6.61. The molecule has 0 radical (unpaired) electrons. The topological polar surface area (TPSA) is 38.5 Å². The summed E-state index contributed by atoms with van der Waals surface area (Å²) in [7, 11) is 0. The van der Waals surface area contributed by atoms with Gasteiger partial charge in [-0.05, 0) is 25.7 Å². The number of nitrogens with two attached hydrogens (primary N) is 1. The van der Waals surface area contributed by atoms with Gasteiger partial charge in [-0.2, -0.15) is 0 Å². The molecular formula is C13H26N2O. The highest BCUT2D eigenvalue weighted by molar-refractivity contribution is 4.93. The Kier molecular flexibility index (Phi) is 3.88. The third-order valence-electron chi connectivity index (χ3n) is 3.99. The molecule has 0 amide bonds. The molecule has 1 saturated carbocycles. The van der Waals surface area contributed by atoms with Crippen LogP contribution in [0.2, 0.25) is 0 Å². The summed E-state index contributed by atoms with van der Waals surface area (Å²) in [6, 6.07) is 0. The second-order valence-corrected chi connectivity index (χ2v) is 5.98. The minimum Gasteiger partial charge on any atom is -0.376 e. The molecule has 16 heavy (non-hydrogen) atoms. The SMILES string of the molecule is CC1CCCC(N)(CN2CCOC(C)C2)C1. The molecule has 1 aliphatic carbocycles. The quantitative estimate of drug-likeness (QED) is 0.777. The highest BCUT2D eigenvalue weighted by atomic mass is 16.5. The highest BCUT2D eigenvalue weighted by Crippen LogP contribution is 2.31. The summed E-state index contributed by atoms with van der Waals surface area (Å²) in [5, 5.41) is 0. The van der Waals surface area contributed by atoms with E-state index < -0.39 is 0 Å². The van der Waals surface area contributed by atoms with E-state index in [-0.39, 0.29) is 5.54 Å². The van der Waals surface area contributed by atoms with E-state index in [1.807, 2.05) is 0 Å². The normalized spacial score (nSPS) is 42.2. The zero-order valence-electron chi connectivity index (χ0n) is 10.7. The predicted octanol–water partition coefficient (Wildman–Crippen LogP) is 1.61. The average Bonchev–Trinajstić information content (AvgIpc) is 2.16. The van der Waals surface area contributed by atoms with Gasteiger partial charge in [-0.1, -0.05) is 19.8 Å². The average molecular weight is 226 g/mol. The van der Waals surface area contributed by atoms with E-state index >= 15 is 0 Å². The van der Waals surface area contributed by atoms with Crippen LogP contribution in [0.5, 0.6) is 0 Å². The lowest BCUT2D eigenvalue weighted by atomic mass is 9.76. The van der Waals surface area contributed by atoms with Crippen molar-refractivity contribution < 1.29 is 4.74 Å². The van der Waals surface area contributed by atoms with Gasteiger partial charge in [0.25, 0.3) is 0 Å². The Bertz CT molecular complexity index is 234. The van der Waals surface area contributed by atoms with Crippen molar-refractivity contribution in [2.75, 3.05) is 26.2 Å². The lowest BCUT2D eigenvalue weighted by molar-refractivity contribution is -0.0283. The van der Waals surface area contributed by atoms with Gasteiger partial charge in [-0.3, -0.25) is 4.90 Å². The van der Waals surface area contributed by atoms with Gasteiger partial charge in [0.05, 0.1) is 12.7 Å². The molecule has 3 atom stereocenters. The largest absolute Gasteiger partial charge is 0.376 e. The molecule has 0 aromatic carbocycles. The number of hydrogen-bond acceptors (Lipinski definition) is 3. The van der Waals surface area contributed by atoms with E-state index in [0.29, 0.717) is 6.10 Å². The van der Waals surface area contributed by atoms with E-state index in [4.69, 9.17) is 10.5 Å². The Morgan fingerprint density at radius 1 is 1.44 bits per heavy atom. The van der Waals surface area contributed by atoms with Gasteiger partial charge in [0.15, 0.2) is 0 Å². The molecule has 2 rings (SSSR count). The molecule has 0 aromatic rings. The van der Waals surface area contributed by atoms with E-state index in [9.17, 15) is 0 Å². The van der Waals surface area contributed by atoms with Crippen LogP contribution >= 0.6 is 0 Å². The first-order chi connectivity index (χ1) is 7.57. The van der Waals surface area contributed by atoms with Crippen molar-refractivity contribution in [1.29, 1.82) is 0 Å². The smallest absolute Gasteiger partial charge is 0.0674 e. The van der Waals surface area contributed by atoms with E-state index in [1.165, 1.54) is 25.7 Å². The lowest BCUT2D eigenvalue weighted by Crippen LogP contribution is -2.55. The van der Waals surface area contributed by atoms with Crippen LogP contribution in [0.15, 0.2) is 0 Å². The second kappa shape index (κ2) is 5.03. The maximum absolute atomic E-state index is 6.54. The Morgan fingerprint density at radius 2 is 2.25 bits per heavy atom.